The summed E-state index contributed by atoms with van der Waals surface area (Å²) in [5.74, 6) is 0. The summed E-state index contributed by atoms with van der Waals surface area (Å²) in [6, 6.07) is 13.1. The molecule has 0 saturated heterocycles. The molecule has 0 aromatic heterocycles. The third kappa shape index (κ3) is 5.34. The van der Waals surface area contributed by atoms with Crippen LogP contribution in [0.5, 0.6) is 0 Å². The van der Waals surface area contributed by atoms with E-state index in [1.54, 1.807) is 0 Å². The topological polar surface area (TPSA) is 118 Å². The number of aliphatic hydroxyl groups excluding tert-OH is 4. The van der Waals surface area contributed by atoms with E-state index in [9.17, 15) is 15.3 Å². The molecule has 0 fully saturated rings. The van der Waals surface area contributed by atoms with Crippen LogP contribution in [-0.4, -0.2) is 51.9 Å². The zero-order chi connectivity index (χ0) is 19.1. The van der Waals surface area contributed by atoms with Gasteiger partial charge in [-0.25, -0.2) is 0 Å². The minimum absolute atomic E-state index is 0.0193. The van der Waals surface area contributed by atoms with Gasteiger partial charge in [-0.1, -0.05) is 18.2 Å². The highest BCUT2D eigenvalue weighted by molar-refractivity contribution is 5.68. The van der Waals surface area contributed by atoms with Crippen LogP contribution >= 0.6 is 0 Å². The molecule has 0 aliphatic heterocycles. The van der Waals surface area contributed by atoms with Crippen molar-refractivity contribution in [2.45, 2.75) is 32.2 Å². The Kier molecular flexibility index (Phi) is 7.23. The molecule has 0 aliphatic carbocycles. The van der Waals surface area contributed by atoms with Crippen LogP contribution in [0.4, 0.5) is 17.1 Å². The van der Waals surface area contributed by atoms with Gasteiger partial charge in [0.2, 0.25) is 0 Å². The second-order valence-electron chi connectivity index (χ2n) is 6.18. The third-order valence-electron chi connectivity index (χ3n) is 4.12. The maximum Gasteiger partial charge on any atom is 0.110 e. The van der Waals surface area contributed by atoms with Crippen LogP contribution in [0.1, 0.15) is 11.1 Å². The molecule has 7 nitrogen and oxygen atoms in total. The lowest BCUT2D eigenvalue weighted by Gasteiger charge is -2.22. The standard InChI is InChI=1S/C19H25N3O4/c1-12-8-15(20-10-17(24)19(26)18(25)11-23)16(9-13(12)2)22-21-14-6-4-3-5-7-14/h3-9,17-20,23-26H,10-11H2,1-2H3/t17-,18+,19-/m1/s1. The average molecular weight is 359 g/mol. The predicted octanol–water partition coefficient (Wildman–Crippen LogP) is 2.21. The minimum Gasteiger partial charge on any atom is -0.394 e. The summed E-state index contributed by atoms with van der Waals surface area (Å²) in [5, 5.41) is 49.5. The van der Waals surface area contributed by atoms with Crippen molar-refractivity contribution >= 4 is 17.1 Å². The van der Waals surface area contributed by atoms with E-state index in [0.717, 1.165) is 16.8 Å². The monoisotopic (exact) mass is 359 g/mol. The molecular formula is C19H25N3O4. The van der Waals surface area contributed by atoms with Gasteiger partial charge in [-0.05, 0) is 49.2 Å². The lowest BCUT2D eigenvalue weighted by molar-refractivity contribution is -0.0715. The molecule has 3 atom stereocenters. The van der Waals surface area contributed by atoms with Gasteiger partial charge in [0.25, 0.3) is 0 Å². The Labute approximate surface area is 152 Å². The largest absolute Gasteiger partial charge is 0.394 e. The molecule has 2 rings (SSSR count). The molecule has 2 aromatic carbocycles. The predicted molar refractivity (Wildman–Crippen MR) is 100 cm³/mol. The first kappa shape index (κ1) is 20.0. The number of nitrogens with zero attached hydrogens (tertiary/aromatic N) is 2. The maximum atomic E-state index is 9.97. The van der Waals surface area contributed by atoms with Crippen LogP contribution in [0.3, 0.4) is 0 Å². The molecule has 0 bridgehead atoms. The van der Waals surface area contributed by atoms with Crippen molar-refractivity contribution in [1.29, 1.82) is 0 Å². The third-order valence-corrected chi connectivity index (χ3v) is 4.12. The van der Waals surface area contributed by atoms with Crippen molar-refractivity contribution in [2.24, 2.45) is 10.2 Å². The number of benzene rings is 2. The van der Waals surface area contributed by atoms with Gasteiger partial charge in [-0.3, -0.25) is 0 Å². The first-order chi connectivity index (χ1) is 12.4. The Balaban J connectivity index is 2.17. The van der Waals surface area contributed by atoms with Gasteiger partial charge in [0.1, 0.15) is 17.9 Å². The first-order valence-corrected chi connectivity index (χ1v) is 8.39. The van der Waals surface area contributed by atoms with E-state index < -0.39 is 24.9 Å². The Bertz CT molecular complexity index is 737. The molecule has 5 N–H and O–H groups in total. The van der Waals surface area contributed by atoms with Crippen molar-refractivity contribution in [1.82, 2.24) is 0 Å². The molecule has 0 unspecified atom stereocenters. The van der Waals surface area contributed by atoms with E-state index in [0.29, 0.717) is 11.4 Å². The molecule has 26 heavy (non-hydrogen) atoms. The average Bonchev–Trinajstić information content (AvgIpc) is 2.66. The van der Waals surface area contributed by atoms with E-state index in [1.807, 2.05) is 56.3 Å². The fraction of sp³-hybridized carbons (Fsp3) is 0.368. The van der Waals surface area contributed by atoms with Gasteiger partial charge in [0.15, 0.2) is 0 Å². The van der Waals surface area contributed by atoms with Crippen molar-refractivity contribution < 1.29 is 20.4 Å². The molecule has 0 amide bonds. The number of rotatable bonds is 8. The van der Waals surface area contributed by atoms with Gasteiger partial charge in [0.05, 0.1) is 24.1 Å². The summed E-state index contributed by atoms with van der Waals surface area (Å²) in [4.78, 5) is 0. The fourth-order valence-corrected chi connectivity index (χ4v) is 2.33. The second kappa shape index (κ2) is 9.40. The first-order valence-electron chi connectivity index (χ1n) is 8.39. The van der Waals surface area contributed by atoms with Crippen LogP contribution in [-0.2, 0) is 0 Å². The summed E-state index contributed by atoms with van der Waals surface area (Å²) in [6.45, 7) is 3.28. The molecule has 0 saturated carbocycles. The van der Waals surface area contributed by atoms with E-state index in [-0.39, 0.29) is 6.54 Å². The molecule has 0 radical (unpaired) electrons. The second-order valence-corrected chi connectivity index (χ2v) is 6.18. The molecule has 0 spiro atoms. The van der Waals surface area contributed by atoms with Crippen LogP contribution in [0.2, 0.25) is 0 Å². The Morgan fingerprint density at radius 2 is 1.58 bits per heavy atom. The Hall–Kier alpha value is -2.32. The van der Waals surface area contributed by atoms with E-state index in [2.05, 4.69) is 15.5 Å². The lowest BCUT2D eigenvalue weighted by Crippen LogP contribution is -2.42. The number of anilines is 1. The van der Waals surface area contributed by atoms with Crippen molar-refractivity contribution in [2.75, 3.05) is 18.5 Å². The van der Waals surface area contributed by atoms with Crippen molar-refractivity contribution in [3.8, 4) is 0 Å². The molecule has 140 valence electrons. The highest BCUT2D eigenvalue weighted by Crippen LogP contribution is 2.30. The van der Waals surface area contributed by atoms with Gasteiger partial charge in [-0.2, -0.15) is 5.11 Å². The maximum absolute atomic E-state index is 9.97. The lowest BCUT2D eigenvalue weighted by atomic mass is 10.1. The molecule has 7 heteroatoms. The van der Waals surface area contributed by atoms with Gasteiger partial charge in [-0.15, -0.1) is 5.11 Å². The highest BCUT2D eigenvalue weighted by Gasteiger charge is 2.24. The zero-order valence-corrected chi connectivity index (χ0v) is 14.9. The summed E-state index contributed by atoms with van der Waals surface area (Å²) in [7, 11) is 0. The fourth-order valence-electron chi connectivity index (χ4n) is 2.33. The Morgan fingerprint density at radius 3 is 2.23 bits per heavy atom. The van der Waals surface area contributed by atoms with Crippen molar-refractivity contribution in [3.63, 3.8) is 0 Å². The van der Waals surface area contributed by atoms with Crippen LogP contribution < -0.4 is 5.32 Å². The van der Waals surface area contributed by atoms with Crippen LogP contribution in [0.25, 0.3) is 0 Å². The van der Waals surface area contributed by atoms with Gasteiger partial charge >= 0.3 is 0 Å². The highest BCUT2D eigenvalue weighted by atomic mass is 16.4. The number of nitrogens with one attached hydrogen (secondary N) is 1. The summed E-state index contributed by atoms with van der Waals surface area (Å²) in [5.41, 5.74) is 4.06. The molecule has 2 aromatic rings. The minimum atomic E-state index is -1.45. The Morgan fingerprint density at radius 1 is 0.923 bits per heavy atom. The van der Waals surface area contributed by atoms with Gasteiger partial charge in [0, 0.05) is 6.54 Å². The smallest absolute Gasteiger partial charge is 0.110 e. The number of hydrogen-bond donors (Lipinski definition) is 5. The zero-order valence-electron chi connectivity index (χ0n) is 14.9. The number of aliphatic hydroxyl groups is 4. The summed E-state index contributed by atoms with van der Waals surface area (Å²) in [6.07, 6.45) is -4.10. The van der Waals surface area contributed by atoms with Crippen LogP contribution in [0.15, 0.2) is 52.7 Å². The van der Waals surface area contributed by atoms with E-state index >= 15 is 0 Å². The quantitative estimate of drug-likeness (QED) is 0.463. The van der Waals surface area contributed by atoms with Crippen molar-refractivity contribution in [3.05, 3.63) is 53.6 Å². The summed E-state index contributed by atoms with van der Waals surface area (Å²) < 4.78 is 0. The van der Waals surface area contributed by atoms with E-state index in [1.165, 1.54) is 0 Å². The SMILES string of the molecule is Cc1cc(N=Nc2ccccc2)c(NC[C@@H](O)[C@@H](O)[C@@H](O)CO)cc1C. The number of aryl methyl sites for hydroxylation is 2. The molecule has 0 heterocycles. The number of hydrogen-bond acceptors (Lipinski definition) is 7. The normalized spacial score (nSPS) is 15.0. The summed E-state index contributed by atoms with van der Waals surface area (Å²) >= 11 is 0. The van der Waals surface area contributed by atoms with Gasteiger partial charge < -0.3 is 25.7 Å². The molecular weight excluding hydrogens is 334 g/mol. The number of azo groups is 1. The van der Waals surface area contributed by atoms with Crippen LogP contribution in [0, 0.1) is 13.8 Å². The molecule has 0 aliphatic rings. The van der Waals surface area contributed by atoms with E-state index in [4.69, 9.17) is 5.11 Å².